The third-order valence-electron chi connectivity index (χ3n) is 1.94. The molecule has 3 heteroatoms. The first kappa shape index (κ1) is 9.93. The molecule has 0 aliphatic carbocycles. The summed E-state index contributed by atoms with van der Waals surface area (Å²) in [6.07, 6.45) is 0.819. The molecule has 1 heterocycles. The number of ether oxygens (including phenoxy) is 1. The number of carbonyl (C=O) groups excluding carboxylic acids is 1. The van der Waals surface area contributed by atoms with Gasteiger partial charge in [-0.2, -0.15) is 0 Å². The highest BCUT2D eigenvalue weighted by Crippen LogP contribution is 2.28. The second kappa shape index (κ2) is 4.28. The number of rotatable bonds is 3. The lowest BCUT2D eigenvalue weighted by Gasteiger charge is -2.01. The molecule has 0 spiro atoms. The third kappa shape index (κ3) is 2.44. The van der Waals surface area contributed by atoms with Gasteiger partial charge in [0.05, 0.1) is 0 Å². The highest BCUT2D eigenvalue weighted by atomic mass is 32.1. The molecule has 0 N–H and O–H groups in total. The zero-order chi connectivity index (χ0) is 10.7. The van der Waals surface area contributed by atoms with E-state index in [0.717, 1.165) is 17.1 Å². The molecule has 2 nitrogen and oxygen atoms in total. The van der Waals surface area contributed by atoms with Gasteiger partial charge in [0, 0.05) is 5.56 Å². The number of aldehydes is 1. The van der Waals surface area contributed by atoms with Crippen molar-refractivity contribution in [2.45, 2.75) is 6.92 Å². The van der Waals surface area contributed by atoms with Gasteiger partial charge in [0.15, 0.2) is 5.06 Å². The monoisotopic (exact) mass is 218 g/mol. The fourth-order valence-corrected chi connectivity index (χ4v) is 1.96. The van der Waals surface area contributed by atoms with Gasteiger partial charge in [0.1, 0.15) is 12.0 Å². The zero-order valence-electron chi connectivity index (χ0n) is 8.27. The molecule has 0 aliphatic heterocycles. The molecule has 0 atom stereocenters. The first-order chi connectivity index (χ1) is 7.28. The minimum Gasteiger partial charge on any atom is -0.447 e. The van der Waals surface area contributed by atoms with Crippen LogP contribution >= 0.6 is 11.3 Å². The smallest absolute Gasteiger partial charge is 0.181 e. The van der Waals surface area contributed by atoms with Crippen molar-refractivity contribution in [3.05, 3.63) is 46.8 Å². The SMILES string of the molecule is Cc1csc(Oc2ccc(C=O)cc2)c1. The van der Waals surface area contributed by atoms with E-state index in [9.17, 15) is 4.79 Å². The topological polar surface area (TPSA) is 26.3 Å². The number of hydrogen-bond donors (Lipinski definition) is 0. The largest absolute Gasteiger partial charge is 0.447 e. The Kier molecular flexibility index (Phi) is 2.83. The van der Waals surface area contributed by atoms with E-state index in [1.165, 1.54) is 5.56 Å². The fourth-order valence-electron chi connectivity index (χ4n) is 1.19. The maximum atomic E-state index is 10.4. The van der Waals surface area contributed by atoms with Crippen LogP contribution < -0.4 is 4.74 Å². The van der Waals surface area contributed by atoms with Crippen molar-refractivity contribution in [2.24, 2.45) is 0 Å². The molecule has 76 valence electrons. The standard InChI is InChI=1S/C12H10O2S/c1-9-6-12(15-8-9)14-11-4-2-10(7-13)3-5-11/h2-8H,1H3. The molecule has 0 unspecified atom stereocenters. The predicted octanol–water partition coefficient (Wildman–Crippen LogP) is 3.66. The Morgan fingerprint density at radius 1 is 1.27 bits per heavy atom. The minimum atomic E-state index is 0.657. The lowest BCUT2D eigenvalue weighted by atomic mass is 10.2. The van der Waals surface area contributed by atoms with E-state index in [-0.39, 0.29) is 0 Å². The van der Waals surface area contributed by atoms with E-state index in [4.69, 9.17) is 4.74 Å². The molecule has 2 rings (SSSR count). The van der Waals surface area contributed by atoms with Gasteiger partial charge < -0.3 is 4.74 Å². The van der Waals surface area contributed by atoms with Crippen molar-refractivity contribution in [2.75, 3.05) is 0 Å². The molecule has 1 aromatic heterocycles. The van der Waals surface area contributed by atoms with E-state index >= 15 is 0 Å². The molecule has 0 amide bonds. The van der Waals surface area contributed by atoms with Crippen molar-refractivity contribution in [3.8, 4) is 10.8 Å². The van der Waals surface area contributed by atoms with Crippen LogP contribution in [0, 0.1) is 6.92 Å². The lowest BCUT2D eigenvalue weighted by Crippen LogP contribution is -1.82. The highest BCUT2D eigenvalue weighted by Gasteiger charge is 1.99. The summed E-state index contributed by atoms with van der Waals surface area (Å²) in [5, 5.41) is 2.90. The maximum absolute atomic E-state index is 10.4. The molecular weight excluding hydrogens is 208 g/mol. The van der Waals surface area contributed by atoms with Crippen molar-refractivity contribution in [3.63, 3.8) is 0 Å². The molecule has 0 saturated heterocycles. The van der Waals surface area contributed by atoms with Gasteiger partial charge in [-0.25, -0.2) is 0 Å². The summed E-state index contributed by atoms with van der Waals surface area (Å²) < 4.78 is 5.60. The van der Waals surface area contributed by atoms with Crippen LogP contribution in [0.25, 0.3) is 0 Å². The van der Waals surface area contributed by atoms with Crippen LogP contribution in [0.15, 0.2) is 35.7 Å². The van der Waals surface area contributed by atoms with Crippen molar-refractivity contribution in [1.29, 1.82) is 0 Å². The van der Waals surface area contributed by atoms with Gasteiger partial charge in [-0.15, -0.1) is 11.3 Å². The van der Waals surface area contributed by atoms with Gasteiger partial charge in [-0.3, -0.25) is 4.79 Å². The second-order valence-electron chi connectivity index (χ2n) is 3.23. The Balaban J connectivity index is 2.14. The lowest BCUT2D eigenvalue weighted by molar-refractivity contribution is 0.112. The number of thiophene rings is 1. The second-order valence-corrected chi connectivity index (χ2v) is 4.11. The van der Waals surface area contributed by atoms with Crippen molar-refractivity contribution >= 4 is 17.6 Å². The Morgan fingerprint density at radius 2 is 2.00 bits per heavy atom. The van der Waals surface area contributed by atoms with Gasteiger partial charge in [0.25, 0.3) is 0 Å². The summed E-state index contributed by atoms with van der Waals surface area (Å²) in [5.74, 6) is 0.752. The summed E-state index contributed by atoms with van der Waals surface area (Å²) >= 11 is 1.56. The Hall–Kier alpha value is -1.61. The van der Waals surface area contributed by atoms with Crippen LogP contribution in [0.1, 0.15) is 15.9 Å². The van der Waals surface area contributed by atoms with Gasteiger partial charge in [0.2, 0.25) is 0 Å². The number of carbonyl (C=O) groups is 1. The van der Waals surface area contributed by atoms with Crippen LogP contribution in [0.3, 0.4) is 0 Å². The Bertz CT molecular complexity index is 457. The Labute approximate surface area is 92.1 Å². The fraction of sp³-hybridized carbons (Fsp3) is 0.0833. The average Bonchev–Trinajstić information content (AvgIpc) is 2.65. The molecule has 0 aliphatic rings. The van der Waals surface area contributed by atoms with Gasteiger partial charge >= 0.3 is 0 Å². The normalized spacial score (nSPS) is 9.93. The van der Waals surface area contributed by atoms with Crippen molar-refractivity contribution in [1.82, 2.24) is 0 Å². The zero-order valence-corrected chi connectivity index (χ0v) is 9.08. The third-order valence-corrected chi connectivity index (χ3v) is 2.86. The first-order valence-electron chi connectivity index (χ1n) is 4.56. The first-order valence-corrected chi connectivity index (χ1v) is 5.44. The highest BCUT2D eigenvalue weighted by molar-refractivity contribution is 7.12. The van der Waals surface area contributed by atoms with E-state index in [2.05, 4.69) is 0 Å². The molecule has 1 aromatic carbocycles. The van der Waals surface area contributed by atoms with Crippen molar-refractivity contribution < 1.29 is 9.53 Å². The number of benzene rings is 1. The molecule has 0 radical (unpaired) electrons. The summed E-state index contributed by atoms with van der Waals surface area (Å²) in [6, 6.07) is 9.04. The molecule has 0 saturated carbocycles. The van der Waals surface area contributed by atoms with Crippen LogP contribution in [-0.4, -0.2) is 6.29 Å². The summed E-state index contributed by atoms with van der Waals surface area (Å²) in [4.78, 5) is 10.4. The average molecular weight is 218 g/mol. The van der Waals surface area contributed by atoms with Gasteiger partial charge in [-0.1, -0.05) is 0 Å². The van der Waals surface area contributed by atoms with Crippen LogP contribution in [0.5, 0.6) is 10.8 Å². The van der Waals surface area contributed by atoms with Crippen LogP contribution in [0.2, 0.25) is 0 Å². The number of aryl methyl sites for hydroxylation is 1. The molecule has 0 bridgehead atoms. The maximum Gasteiger partial charge on any atom is 0.181 e. The van der Waals surface area contributed by atoms with E-state index in [1.54, 1.807) is 35.6 Å². The van der Waals surface area contributed by atoms with Crippen LogP contribution in [0.4, 0.5) is 0 Å². The summed E-state index contributed by atoms with van der Waals surface area (Å²) in [6.45, 7) is 2.03. The molecule has 2 aromatic rings. The molecular formula is C12H10O2S. The number of hydrogen-bond acceptors (Lipinski definition) is 3. The summed E-state index contributed by atoms with van der Waals surface area (Å²) in [7, 11) is 0. The van der Waals surface area contributed by atoms with E-state index in [0.29, 0.717) is 5.56 Å². The quantitative estimate of drug-likeness (QED) is 0.735. The van der Waals surface area contributed by atoms with E-state index in [1.807, 2.05) is 18.4 Å². The predicted molar refractivity (Wildman–Crippen MR) is 61.0 cm³/mol. The molecule has 0 fully saturated rings. The van der Waals surface area contributed by atoms with E-state index < -0.39 is 0 Å². The minimum absolute atomic E-state index is 0.657. The van der Waals surface area contributed by atoms with Crippen LogP contribution in [-0.2, 0) is 0 Å². The Morgan fingerprint density at radius 3 is 2.53 bits per heavy atom. The van der Waals surface area contributed by atoms with Gasteiger partial charge in [-0.05, 0) is 48.2 Å². The molecule has 15 heavy (non-hydrogen) atoms. The summed E-state index contributed by atoms with van der Waals surface area (Å²) in [5.41, 5.74) is 1.85.